The molecule has 154 valence electrons. The fourth-order valence-electron chi connectivity index (χ4n) is 3.37. The molecule has 0 bridgehead atoms. The number of fused-ring (bicyclic) bond motifs is 3. The topological polar surface area (TPSA) is 112 Å². The average Bonchev–Trinajstić information content (AvgIpc) is 3.20. The summed E-state index contributed by atoms with van der Waals surface area (Å²) in [4.78, 5) is 30.3. The number of ether oxygens (including phenoxy) is 1. The Balaban J connectivity index is 1.95. The Hall–Kier alpha value is -3.59. The van der Waals surface area contributed by atoms with Gasteiger partial charge in [0.15, 0.2) is 0 Å². The summed E-state index contributed by atoms with van der Waals surface area (Å²) in [5, 5.41) is 0.753. The number of benzene rings is 2. The first kappa shape index (κ1) is 19.7. The zero-order valence-electron chi connectivity index (χ0n) is 16.3. The van der Waals surface area contributed by atoms with Crippen molar-refractivity contribution in [3.05, 3.63) is 70.6 Å². The van der Waals surface area contributed by atoms with E-state index in [1.54, 1.807) is 37.3 Å². The number of nitrogens with one attached hydrogen (secondary N) is 2. The lowest BCUT2D eigenvalue weighted by Crippen LogP contribution is -2.26. The molecule has 0 atom stereocenters. The lowest BCUT2D eigenvalue weighted by atomic mass is 10.1. The van der Waals surface area contributed by atoms with E-state index in [9.17, 15) is 18.0 Å². The number of para-hydroxylation sites is 1. The van der Waals surface area contributed by atoms with Crippen LogP contribution in [0.3, 0.4) is 0 Å². The first-order chi connectivity index (χ1) is 14.3. The van der Waals surface area contributed by atoms with Gasteiger partial charge in [-0.3, -0.25) is 9.10 Å². The number of esters is 1. The first-order valence-electron chi connectivity index (χ1n) is 9.23. The van der Waals surface area contributed by atoms with Gasteiger partial charge >= 0.3 is 5.97 Å². The van der Waals surface area contributed by atoms with Gasteiger partial charge in [-0.2, -0.15) is 0 Å². The molecule has 2 N–H and O–H groups in total. The van der Waals surface area contributed by atoms with Crippen molar-refractivity contribution in [2.45, 2.75) is 11.8 Å². The third-order valence-corrected chi connectivity index (χ3v) is 6.67. The van der Waals surface area contributed by atoms with E-state index in [2.05, 4.69) is 9.97 Å². The number of pyridine rings is 1. The number of aromatic nitrogens is 2. The summed E-state index contributed by atoms with van der Waals surface area (Å²) in [7, 11) is -2.40. The van der Waals surface area contributed by atoms with Crippen LogP contribution in [0.4, 0.5) is 5.69 Å². The first-order valence-corrected chi connectivity index (χ1v) is 10.7. The number of carbonyl (C=O) groups is 1. The highest BCUT2D eigenvalue weighted by molar-refractivity contribution is 7.92. The number of aromatic amines is 2. The lowest BCUT2D eigenvalue weighted by molar-refractivity contribution is 0.0529. The van der Waals surface area contributed by atoms with E-state index in [0.29, 0.717) is 22.0 Å². The highest BCUT2D eigenvalue weighted by Gasteiger charge is 2.24. The van der Waals surface area contributed by atoms with Crippen molar-refractivity contribution in [3.8, 4) is 0 Å². The minimum atomic E-state index is -3.87. The van der Waals surface area contributed by atoms with E-state index in [1.807, 2.05) is 0 Å². The van der Waals surface area contributed by atoms with Gasteiger partial charge in [0.2, 0.25) is 0 Å². The van der Waals surface area contributed by atoms with Gasteiger partial charge < -0.3 is 14.7 Å². The number of hydrogen-bond donors (Lipinski definition) is 2. The van der Waals surface area contributed by atoms with Crippen LogP contribution in [0.15, 0.2) is 64.4 Å². The van der Waals surface area contributed by atoms with Crippen LogP contribution < -0.4 is 9.86 Å². The molecule has 0 saturated carbocycles. The van der Waals surface area contributed by atoms with E-state index in [4.69, 9.17) is 4.74 Å². The van der Waals surface area contributed by atoms with Crippen molar-refractivity contribution >= 4 is 43.5 Å². The van der Waals surface area contributed by atoms with Crippen LogP contribution in [0.1, 0.15) is 17.3 Å². The van der Waals surface area contributed by atoms with Crippen molar-refractivity contribution in [1.29, 1.82) is 0 Å². The van der Waals surface area contributed by atoms with Gasteiger partial charge in [-0.15, -0.1) is 0 Å². The summed E-state index contributed by atoms with van der Waals surface area (Å²) in [5.74, 6) is -0.592. The van der Waals surface area contributed by atoms with Crippen LogP contribution in [0, 0.1) is 0 Å². The van der Waals surface area contributed by atoms with E-state index in [-0.39, 0.29) is 22.6 Å². The molecule has 0 amide bonds. The SMILES string of the molecule is CCOC(=O)c1c[nH]c2c(=O)[nH]c3ccc(S(=O)(=O)N(C)c4ccccc4)cc3c12. The summed E-state index contributed by atoms with van der Waals surface area (Å²) in [6, 6.07) is 13.1. The van der Waals surface area contributed by atoms with Crippen LogP contribution in [0.25, 0.3) is 21.8 Å². The Bertz CT molecular complexity index is 1420. The van der Waals surface area contributed by atoms with Gasteiger partial charge in [-0.1, -0.05) is 18.2 Å². The van der Waals surface area contributed by atoms with E-state index >= 15 is 0 Å². The van der Waals surface area contributed by atoms with Gasteiger partial charge in [-0.05, 0) is 37.3 Å². The molecule has 2 heterocycles. The molecule has 4 aromatic rings. The van der Waals surface area contributed by atoms with Gasteiger partial charge in [-0.25, -0.2) is 13.2 Å². The maximum Gasteiger partial charge on any atom is 0.340 e. The molecule has 0 unspecified atom stereocenters. The molecule has 2 aromatic carbocycles. The number of sulfonamides is 1. The van der Waals surface area contributed by atoms with E-state index in [1.165, 1.54) is 35.7 Å². The minimum absolute atomic E-state index is 0.0331. The standard InChI is InChI=1S/C21H19N3O5S/c1-3-29-21(26)16-12-22-19-18(16)15-11-14(9-10-17(15)23-20(19)25)30(27,28)24(2)13-7-5-4-6-8-13/h4-12,22H,3H2,1-2H3,(H,23,25). The van der Waals surface area contributed by atoms with Gasteiger partial charge in [0.25, 0.3) is 15.6 Å². The molecule has 8 nitrogen and oxygen atoms in total. The second-order valence-electron chi connectivity index (χ2n) is 6.64. The maximum atomic E-state index is 13.2. The smallest absolute Gasteiger partial charge is 0.340 e. The fourth-order valence-corrected chi connectivity index (χ4v) is 4.59. The van der Waals surface area contributed by atoms with E-state index in [0.717, 1.165) is 0 Å². The Kier molecular flexibility index (Phi) is 4.83. The number of hydrogen-bond acceptors (Lipinski definition) is 5. The third-order valence-electron chi connectivity index (χ3n) is 4.89. The Morgan fingerprint density at radius 3 is 2.57 bits per heavy atom. The number of rotatable bonds is 5. The van der Waals surface area contributed by atoms with Crippen molar-refractivity contribution in [3.63, 3.8) is 0 Å². The molecular formula is C21H19N3O5S. The van der Waals surface area contributed by atoms with Gasteiger partial charge in [0.1, 0.15) is 5.52 Å². The van der Waals surface area contributed by atoms with Crippen LogP contribution in [0.5, 0.6) is 0 Å². The predicted molar refractivity (Wildman–Crippen MR) is 114 cm³/mol. The fraction of sp³-hybridized carbons (Fsp3) is 0.143. The Morgan fingerprint density at radius 2 is 1.87 bits per heavy atom. The molecule has 0 spiro atoms. The molecule has 0 radical (unpaired) electrons. The van der Waals surface area contributed by atoms with Gasteiger partial charge in [0, 0.05) is 29.5 Å². The molecular weight excluding hydrogens is 406 g/mol. The summed E-state index contributed by atoms with van der Waals surface area (Å²) in [5.41, 5.74) is 0.868. The molecule has 0 fully saturated rings. The monoisotopic (exact) mass is 425 g/mol. The number of carbonyl (C=O) groups excluding carboxylic acids is 1. The highest BCUT2D eigenvalue weighted by Crippen LogP contribution is 2.29. The van der Waals surface area contributed by atoms with E-state index < -0.39 is 21.6 Å². The number of H-pyrrole nitrogens is 2. The van der Waals surface area contributed by atoms with Crippen molar-refractivity contribution in [2.75, 3.05) is 18.0 Å². The Labute approximate surface area is 172 Å². The third kappa shape index (κ3) is 3.13. The molecule has 0 aliphatic carbocycles. The van der Waals surface area contributed by atoms with Crippen molar-refractivity contribution in [1.82, 2.24) is 9.97 Å². The van der Waals surface area contributed by atoms with Gasteiger partial charge in [0.05, 0.1) is 22.8 Å². The van der Waals surface area contributed by atoms with Crippen molar-refractivity contribution < 1.29 is 17.9 Å². The van der Waals surface area contributed by atoms with Crippen LogP contribution >= 0.6 is 0 Å². The summed E-state index contributed by atoms with van der Waals surface area (Å²) < 4.78 is 32.6. The zero-order chi connectivity index (χ0) is 21.5. The molecule has 9 heteroatoms. The Morgan fingerprint density at radius 1 is 1.13 bits per heavy atom. The number of anilines is 1. The van der Waals surface area contributed by atoms with Crippen LogP contribution in [-0.4, -0.2) is 38.0 Å². The second-order valence-corrected chi connectivity index (χ2v) is 8.61. The quantitative estimate of drug-likeness (QED) is 0.477. The van der Waals surface area contributed by atoms with Crippen molar-refractivity contribution in [2.24, 2.45) is 0 Å². The molecule has 4 rings (SSSR count). The zero-order valence-corrected chi connectivity index (χ0v) is 17.1. The predicted octanol–water partition coefficient (Wildman–Crippen LogP) is 3.01. The molecule has 2 aromatic heterocycles. The molecule has 0 saturated heterocycles. The summed E-state index contributed by atoms with van der Waals surface area (Å²) >= 11 is 0. The lowest BCUT2D eigenvalue weighted by Gasteiger charge is -2.19. The summed E-state index contributed by atoms with van der Waals surface area (Å²) in [6.45, 7) is 1.86. The second kappa shape index (κ2) is 7.34. The normalized spacial score (nSPS) is 11.7. The van der Waals surface area contributed by atoms with Crippen LogP contribution in [0.2, 0.25) is 0 Å². The average molecular weight is 425 g/mol. The van der Waals surface area contributed by atoms with Crippen LogP contribution in [-0.2, 0) is 14.8 Å². The minimum Gasteiger partial charge on any atom is -0.462 e. The molecule has 0 aliphatic rings. The maximum absolute atomic E-state index is 13.2. The molecule has 0 aliphatic heterocycles. The highest BCUT2D eigenvalue weighted by atomic mass is 32.2. The largest absolute Gasteiger partial charge is 0.462 e. The summed E-state index contributed by atoms with van der Waals surface area (Å²) in [6.07, 6.45) is 1.40. The molecule has 30 heavy (non-hydrogen) atoms. The number of nitrogens with zero attached hydrogens (tertiary/aromatic N) is 1.